The van der Waals surface area contributed by atoms with Crippen LogP contribution < -0.4 is 0 Å². The van der Waals surface area contributed by atoms with Crippen molar-refractivity contribution in [3.63, 3.8) is 0 Å². The van der Waals surface area contributed by atoms with Gasteiger partial charge in [0.1, 0.15) is 0 Å². The lowest BCUT2D eigenvalue weighted by Crippen LogP contribution is -2.03. The minimum atomic E-state index is -4.24. The Bertz CT molecular complexity index is 268. The Balaban J connectivity index is 2.81. The molecule has 0 radical (unpaired) electrons. The molecule has 0 bridgehead atoms. The van der Waals surface area contributed by atoms with Crippen LogP contribution in [0, 0.1) is 0 Å². The first-order chi connectivity index (χ1) is 6.04. The maximum atomic E-state index is 12.1. The van der Waals surface area contributed by atoms with Crippen molar-refractivity contribution in [3.8, 4) is 0 Å². The van der Waals surface area contributed by atoms with Gasteiger partial charge in [-0.25, -0.2) is 0 Å². The lowest BCUT2D eigenvalue weighted by molar-refractivity contribution is -0.137. The highest BCUT2D eigenvalue weighted by molar-refractivity contribution is 9.11. The molecule has 1 rings (SSSR count). The first kappa shape index (κ1) is 10.9. The van der Waals surface area contributed by atoms with Crippen molar-refractivity contribution >= 4 is 27.7 Å². The topological polar surface area (TPSA) is 0 Å². The van der Waals surface area contributed by atoms with Crippen LogP contribution in [0.5, 0.6) is 0 Å². The summed E-state index contributed by atoms with van der Waals surface area (Å²) in [5, 5.41) is 0. The molecule has 72 valence electrons. The summed E-state index contributed by atoms with van der Waals surface area (Å²) in [7, 11) is 0. The largest absolute Gasteiger partial charge is 0.416 e. The third-order valence-electron chi connectivity index (χ3n) is 1.40. The zero-order valence-electron chi connectivity index (χ0n) is 6.44. The van der Waals surface area contributed by atoms with Gasteiger partial charge in [-0.3, -0.25) is 0 Å². The van der Waals surface area contributed by atoms with Crippen LogP contribution in [-0.4, -0.2) is 4.66 Å². The number of alkyl halides is 4. The molecule has 0 aromatic heterocycles. The number of halogens is 4. The monoisotopic (exact) mass is 270 g/mol. The summed E-state index contributed by atoms with van der Waals surface area (Å²) in [6.45, 7) is 0. The Labute approximate surface area is 86.6 Å². The quantitative estimate of drug-likeness (QED) is 0.575. The van der Waals surface area contributed by atoms with E-state index in [1.807, 2.05) is 0 Å². The number of hydrogen-bond acceptors (Lipinski definition) is 1. The molecule has 0 spiro atoms. The zero-order valence-corrected chi connectivity index (χ0v) is 8.84. The van der Waals surface area contributed by atoms with E-state index in [9.17, 15) is 13.2 Å². The first-order valence-corrected chi connectivity index (χ1v) is 5.51. The van der Waals surface area contributed by atoms with Gasteiger partial charge in [0.05, 0.1) is 10.2 Å². The van der Waals surface area contributed by atoms with Crippen LogP contribution in [0.15, 0.2) is 29.2 Å². The summed E-state index contributed by atoms with van der Waals surface area (Å²) in [5.41, 5.74) is -0.605. The first-order valence-electron chi connectivity index (χ1n) is 3.40. The van der Waals surface area contributed by atoms with Crippen molar-refractivity contribution in [2.45, 2.75) is 11.1 Å². The molecular weight excluding hydrogens is 265 g/mol. The van der Waals surface area contributed by atoms with Gasteiger partial charge in [-0.15, -0.1) is 11.8 Å². The molecular formula is C8H6BrF3S. The third kappa shape index (κ3) is 3.23. The van der Waals surface area contributed by atoms with Crippen LogP contribution in [0.25, 0.3) is 0 Å². The van der Waals surface area contributed by atoms with E-state index in [1.165, 1.54) is 23.9 Å². The van der Waals surface area contributed by atoms with Gasteiger partial charge >= 0.3 is 6.18 Å². The van der Waals surface area contributed by atoms with Crippen molar-refractivity contribution in [3.05, 3.63) is 29.8 Å². The molecule has 0 nitrogen and oxygen atoms in total. The Hall–Kier alpha value is -0.160. The van der Waals surface area contributed by atoms with E-state index in [4.69, 9.17) is 0 Å². The molecule has 1 aromatic carbocycles. The van der Waals surface area contributed by atoms with E-state index in [1.54, 1.807) is 0 Å². The normalized spacial score (nSPS) is 11.7. The van der Waals surface area contributed by atoms with Crippen LogP contribution in [0.3, 0.4) is 0 Å². The van der Waals surface area contributed by atoms with Gasteiger partial charge in [0, 0.05) is 4.90 Å². The van der Waals surface area contributed by atoms with E-state index in [2.05, 4.69) is 15.9 Å². The lowest BCUT2D eigenvalue weighted by atomic mass is 10.2. The molecule has 1 aromatic rings. The van der Waals surface area contributed by atoms with Crippen LogP contribution in [0.1, 0.15) is 5.56 Å². The van der Waals surface area contributed by atoms with Crippen molar-refractivity contribution in [2.24, 2.45) is 0 Å². The van der Waals surface area contributed by atoms with Crippen LogP contribution in [0.4, 0.5) is 13.2 Å². The van der Waals surface area contributed by atoms with Crippen molar-refractivity contribution < 1.29 is 13.2 Å². The predicted molar refractivity (Wildman–Crippen MR) is 51.1 cm³/mol. The molecule has 5 heteroatoms. The van der Waals surface area contributed by atoms with Gasteiger partial charge in [-0.05, 0) is 24.3 Å². The van der Waals surface area contributed by atoms with Gasteiger partial charge in [0.15, 0.2) is 0 Å². The highest BCUT2D eigenvalue weighted by atomic mass is 79.9. The fourth-order valence-electron chi connectivity index (χ4n) is 0.803. The highest BCUT2D eigenvalue weighted by Crippen LogP contribution is 2.30. The van der Waals surface area contributed by atoms with Crippen LogP contribution in [0.2, 0.25) is 0 Å². The van der Waals surface area contributed by atoms with Gasteiger partial charge < -0.3 is 0 Å². The van der Waals surface area contributed by atoms with Crippen LogP contribution in [-0.2, 0) is 6.18 Å². The second-order valence-electron chi connectivity index (χ2n) is 2.28. The van der Waals surface area contributed by atoms with Crippen LogP contribution >= 0.6 is 27.7 Å². The standard InChI is InChI=1S/C8H6BrF3S/c9-5-13-7-3-1-6(2-4-7)8(10,11)12/h1-4H,5H2. The fraction of sp³-hybridized carbons (Fsp3) is 0.250. The smallest absolute Gasteiger partial charge is 0.166 e. The summed E-state index contributed by atoms with van der Waals surface area (Å²) in [5.74, 6) is 0. The Morgan fingerprint density at radius 1 is 1.15 bits per heavy atom. The molecule has 0 unspecified atom stereocenters. The highest BCUT2D eigenvalue weighted by Gasteiger charge is 2.29. The van der Waals surface area contributed by atoms with Crippen molar-refractivity contribution in [1.82, 2.24) is 0 Å². The van der Waals surface area contributed by atoms with E-state index in [0.717, 1.165) is 17.0 Å². The molecule has 13 heavy (non-hydrogen) atoms. The number of thioether (sulfide) groups is 1. The molecule has 0 atom stereocenters. The predicted octanol–water partition coefficient (Wildman–Crippen LogP) is 4.15. The summed E-state index contributed by atoms with van der Waals surface area (Å²) >= 11 is 4.63. The van der Waals surface area contributed by atoms with Gasteiger partial charge in [0.25, 0.3) is 0 Å². The fourth-order valence-corrected chi connectivity index (χ4v) is 2.05. The summed E-state index contributed by atoms with van der Waals surface area (Å²) in [6.07, 6.45) is -4.24. The van der Waals surface area contributed by atoms with E-state index < -0.39 is 11.7 Å². The van der Waals surface area contributed by atoms with Crippen molar-refractivity contribution in [2.75, 3.05) is 4.66 Å². The third-order valence-corrected chi connectivity index (χ3v) is 2.80. The Morgan fingerprint density at radius 3 is 2.08 bits per heavy atom. The van der Waals surface area contributed by atoms with Gasteiger partial charge in [-0.1, -0.05) is 15.9 Å². The molecule has 0 saturated heterocycles. The van der Waals surface area contributed by atoms with E-state index >= 15 is 0 Å². The molecule has 0 aliphatic carbocycles. The Kier molecular flexibility index (Phi) is 3.67. The summed E-state index contributed by atoms with van der Waals surface area (Å²) < 4.78 is 36.9. The zero-order chi connectivity index (χ0) is 9.90. The molecule has 0 N–H and O–H groups in total. The second-order valence-corrected chi connectivity index (χ2v) is 4.63. The molecule has 0 fully saturated rings. The number of benzene rings is 1. The van der Waals surface area contributed by atoms with Gasteiger partial charge in [0.2, 0.25) is 0 Å². The molecule has 0 aliphatic rings. The maximum Gasteiger partial charge on any atom is 0.416 e. The SMILES string of the molecule is FC(F)(F)c1ccc(SCBr)cc1. The number of rotatable bonds is 2. The van der Waals surface area contributed by atoms with Gasteiger partial charge in [-0.2, -0.15) is 13.2 Å². The molecule has 0 aliphatic heterocycles. The van der Waals surface area contributed by atoms with E-state index in [0.29, 0.717) is 4.66 Å². The molecule has 0 saturated carbocycles. The minimum Gasteiger partial charge on any atom is -0.166 e. The number of hydrogen-bond donors (Lipinski definition) is 0. The Morgan fingerprint density at radius 2 is 1.69 bits per heavy atom. The average Bonchev–Trinajstić information content (AvgIpc) is 2.04. The summed E-state index contributed by atoms with van der Waals surface area (Å²) in [6, 6.07) is 5.11. The average molecular weight is 271 g/mol. The molecule has 0 amide bonds. The van der Waals surface area contributed by atoms with Crippen molar-refractivity contribution in [1.29, 1.82) is 0 Å². The lowest BCUT2D eigenvalue weighted by Gasteiger charge is -2.06. The van der Waals surface area contributed by atoms with E-state index in [-0.39, 0.29) is 0 Å². The maximum absolute atomic E-state index is 12.1. The summed E-state index contributed by atoms with van der Waals surface area (Å²) in [4.78, 5) is 0.824. The minimum absolute atomic E-state index is 0.605. The second kappa shape index (κ2) is 4.37. The molecule has 0 heterocycles.